The highest BCUT2D eigenvalue weighted by Gasteiger charge is 2.31. The lowest BCUT2D eigenvalue weighted by atomic mass is 10.1. The van der Waals surface area contributed by atoms with Gasteiger partial charge in [-0.2, -0.15) is 17.4 Å². The number of nitrogens with one attached hydrogen (secondary N) is 1. The summed E-state index contributed by atoms with van der Waals surface area (Å²) in [6.45, 7) is 1.01. The van der Waals surface area contributed by atoms with Gasteiger partial charge in [-0.25, -0.2) is 0 Å². The number of hydrogen-bond donors (Lipinski definition) is 2. The third-order valence-electron chi connectivity index (χ3n) is 3.08. The second-order valence-corrected chi connectivity index (χ2v) is 6.02. The average Bonchev–Trinajstić information content (AvgIpc) is 2.89. The monoisotopic (exact) mass is 274 g/mol. The first-order valence-electron chi connectivity index (χ1n) is 5.99. The standard InChI is InChI=1S/C10H18N4O3S/c11-7-10-3-1-2-5-14(10)18(15,16)12-8-9-4-6-17-13-9/h4,6,10,12H,1-3,5,7-8,11H2. The largest absolute Gasteiger partial charge is 0.364 e. The average molecular weight is 274 g/mol. The predicted octanol–water partition coefficient (Wildman–Crippen LogP) is -0.178. The Morgan fingerprint density at radius 3 is 3.06 bits per heavy atom. The molecule has 7 nitrogen and oxygen atoms in total. The van der Waals surface area contributed by atoms with E-state index in [-0.39, 0.29) is 12.6 Å². The van der Waals surface area contributed by atoms with Crippen molar-refractivity contribution in [3.8, 4) is 0 Å². The highest BCUT2D eigenvalue weighted by molar-refractivity contribution is 7.87. The second kappa shape index (κ2) is 5.79. The van der Waals surface area contributed by atoms with Crippen LogP contribution in [-0.2, 0) is 16.8 Å². The highest BCUT2D eigenvalue weighted by Crippen LogP contribution is 2.18. The third kappa shape index (κ3) is 3.08. The van der Waals surface area contributed by atoms with Gasteiger partial charge in [0.05, 0.1) is 12.2 Å². The van der Waals surface area contributed by atoms with E-state index >= 15 is 0 Å². The Balaban J connectivity index is 2.00. The van der Waals surface area contributed by atoms with E-state index in [1.54, 1.807) is 6.07 Å². The summed E-state index contributed by atoms with van der Waals surface area (Å²) in [6.07, 6.45) is 4.13. The molecule has 0 aliphatic carbocycles. The van der Waals surface area contributed by atoms with Gasteiger partial charge in [-0.1, -0.05) is 11.6 Å². The molecule has 0 radical (unpaired) electrons. The van der Waals surface area contributed by atoms with Crippen molar-refractivity contribution < 1.29 is 12.9 Å². The van der Waals surface area contributed by atoms with Crippen molar-refractivity contribution in [2.45, 2.75) is 31.8 Å². The molecule has 0 spiro atoms. The van der Waals surface area contributed by atoms with E-state index in [1.165, 1.54) is 10.6 Å². The SMILES string of the molecule is NCC1CCCCN1S(=O)(=O)NCc1ccon1. The second-order valence-electron chi connectivity index (χ2n) is 4.31. The topological polar surface area (TPSA) is 101 Å². The molecule has 1 saturated heterocycles. The molecular formula is C10H18N4O3S. The van der Waals surface area contributed by atoms with Crippen molar-refractivity contribution in [2.24, 2.45) is 5.73 Å². The van der Waals surface area contributed by atoms with Gasteiger partial charge in [0.2, 0.25) is 0 Å². The Bertz CT molecular complexity index is 459. The molecule has 0 amide bonds. The summed E-state index contributed by atoms with van der Waals surface area (Å²) in [5.41, 5.74) is 6.18. The molecule has 3 N–H and O–H groups in total. The minimum atomic E-state index is -3.50. The molecule has 1 aliphatic heterocycles. The molecule has 2 heterocycles. The van der Waals surface area contributed by atoms with Crippen molar-refractivity contribution in [1.82, 2.24) is 14.2 Å². The molecule has 0 bridgehead atoms. The molecule has 0 saturated carbocycles. The Kier molecular flexibility index (Phi) is 4.33. The van der Waals surface area contributed by atoms with E-state index in [2.05, 4.69) is 14.4 Å². The Morgan fingerprint density at radius 2 is 2.39 bits per heavy atom. The van der Waals surface area contributed by atoms with E-state index in [1.807, 2.05) is 0 Å². The normalized spacial score (nSPS) is 22.2. The summed E-state index contributed by atoms with van der Waals surface area (Å²) in [5, 5.41) is 3.66. The maximum atomic E-state index is 12.2. The Labute approximate surface area is 106 Å². The first-order valence-corrected chi connectivity index (χ1v) is 7.43. The molecule has 102 valence electrons. The summed E-state index contributed by atoms with van der Waals surface area (Å²) >= 11 is 0. The lowest BCUT2D eigenvalue weighted by molar-refractivity contribution is 0.254. The lowest BCUT2D eigenvalue weighted by Gasteiger charge is -2.33. The molecule has 18 heavy (non-hydrogen) atoms. The summed E-state index contributed by atoms with van der Waals surface area (Å²) in [4.78, 5) is 0. The maximum Gasteiger partial charge on any atom is 0.280 e. The van der Waals surface area contributed by atoms with Gasteiger partial charge < -0.3 is 10.3 Å². The fourth-order valence-electron chi connectivity index (χ4n) is 2.10. The zero-order valence-electron chi connectivity index (χ0n) is 10.1. The minimum Gasteiger partial charge on any atom is -0.364 e. The predicted molar refractivity (Wildman–Crippen MR) is 65.7 cm³/mol. The molecular weight excluding hydrogens is 256 g/mol. The minimum absolute atomic E-state index is 0.103. The Morgan fingerprint density at radius 1 is 1.56 bits per heavy atom. The van der Waals surface area contributed by atoms with Gasteiger partial charge >= 0.3 is 0 Å². The Hall–Kier alpha value is -0.960. The quantitative estimate of drug-likeness (QED) is 0.775. The molecule has 0 aromatic carbocycles. The summed E-state index contributed by atoms with van der Waals surface area (Å²) in [7, 11) is -3.50. The lowest BCUT2D eigenvalue weighted by Crippen LogP contribution is -2.51. The fraction of sp³-hybridized carbons (Fsp3) is 0.700. The number of aromatic nitrogens is 1. The van der Waals surface area contributed by atoms with Gasteiger partial charge in [0.25, 0.3) is 10.2 Å². The summed E-state index contributed by atoms with van der Waals surface area (Å²) in [6, 6.07) is 1.52. The third-order valence-corrected chi connectivity index (χ3v) is 4.69. The van der Waals surface area contributed by atoms with Gasteiger partial charge in [-0.3, -0.25) is 0 Å². The maximum absolute atomic E-state index is 12.2. The van der Waals surface area contributed by atoms with Crippen molar-refractivity contribution >= 4 is 10.2 Å². The number of rotatable bonds is 5. The molecule has 1 aromatic rings. The fourth-order valence-corrected chi connectivity index (χ4v) is 3.55. The number of piperidine rings is 1. The van der Waals surface area contributed by atoms with Crippen molar-refractivity contribution in [3.63, 3.8) is 0 Å². The molecule has 1 aliphatic rings. The van der Waals surface area contributed by atoms with Crippen LogP contribution in [0.25, 0.3) is 0 Å². The van der Waals surface area contributed by atoms with Crippen LogP contribution in [-0.4, -0.2) is 37.0 Å². The molecule has 1 fully saturated rings. The molecule has 2 rings (SSSR count). The van der Waals surface area contributed by atoms with Crippen molar-refractivity contribution in [3.05, 3.63) is 18.0 Å². The first-order chi connectivity index (χ1) is 8.63. The van der Waals surface area contributed by atoms with Crippen molar-refractivity contribution in [2.75, 3.05) is 13.1 Å². The van der Waals surface area contributed by atoms with Crippen LogP contribution in [0.2, 0.25) is 0 Å². The smallest absolute Gasteiger partial charge is 0.280 e. The van der Waals surface area contributed by atoms with Crippen LogP contribution in [0, 0.1) is 0 Å². The first kappa shape index (κ1) is 13.5. The van der Waals surface area contributed by atoms with Crippen LogP contribution in [0.4, 0.5) is 0 Å². The van der Waals surface area contributed by atoms with Crippen LogP contribution in [0.1, 0.15) is 25.0 Å². The molecule has 8 heteroatoms. The van der Waals surface area contributed by atoms with Crippen LogP contribution in [0.3, 0.4) is 0 Å². The van der Waals surface area contributed by atoms with Crippen LogP contribution in [0.5, 0.6) is 0 Å². The van der Waals surface area contributed by atoms with Crippen LogP contribution < -0.4 is 10.5 Å². The van der Waals surface area contributed by atoms with Crippen LogP contribution >= 0.6 is 0 Å². The van der Waals surface area contributed by atoms with Gasteiger partial charge in [-0.15, -0.1) is 0 Å². The highest BCUT2D eigenvalue weighted by atomic mass is 32.2. The van der Waals surface area contributed by atoms with E-state index in [9.17, 15) is 8.42 Å². The summed E-state index contributed by atoms with van der Waals surface area (Å²) < 4.78 is 32.9. The van der Waals surface area contributed by atoms with Gasteiger partial charge in [-0.05, 0) is 12.8 Å². The molecule has 1 unspecified atom stereocenters. The van der Waals surface area contributed by atoms with Crippen LogP contribution in [0.15, 0.2) is 16.9 Å². The number of hydrogen-bond acceptors (Lipinski definition) is 5. The van der Waals surface area contributed by atoms with E-state index in [0.29, 0.717) is 18.8 Å². The summed E-state index contributed by atoms with van der Waals surface area (Å²) in [5.74, 6) is 0. The number of nitrogens with zero attached hydrogens (tertiary/aromatic N) is 2. The number of nitrogens with two attached hydrogens (primary N) is 1. The molecule has 1 atom stereocenters. The van der Waals surface area contributed by atoms with Gasteiger partial charge in [0.1, 0.15) is 6.26 Å². The zero-order chi connectivity index (χ0) is 13.0. The van der Waals surface area contributed by atoms with E-state index in [4.69, 9.17) is 5.73 Å². The van der Waals surface area contributed by atoms with Gasteiger partial charge in [0, 0.05) is 25.2 Å². The van der Waals surface area contributed by atoms with E-state index in [0.717, 1.165) is 19.3 Å². The molecule has 1 aromatic heterocycles. The van der Waals surface area contributed by atoms with Crippen molar-refractivity contribution in [1.29, 1.82) is 0 Å². The van der Waals surface area contributed by atoms with E-state index < -0.39 is 10.2 Å². The van der Waals surface area contributed by atoms with Gasteiger partial charge in [0.15, 0.2) is 0 Å². The zero-order valence-corrected chi connectivity index (χ0v) is 10.9.